The first-order chi connectivity index (χ1) is 15.0. The van der Waals surface area contributed by atoms with Crippen LogP contribution in [-0.2, 0) is 27.8 Å². The number of anilines is 1. The molecular formula is C22H24N4O4S. The molecule has 31 heavy (non-hydrogen) atoms. The first kappa shape index (κ1) is 21.0. The summed E-state index contributed by atoms with van der Waals surface area (Å²) in [6.07, 6.45) is 2.84. The number of fused-ring (bicyclic) bond motifs is 2. The molecule has 0 bridgehead atoms. The molecule has 0 saturated heterocycles. The summed E-state index contributed by atoms with van der Waals surface area (Å²) in [5.74, 6) is -0.389. The van der Waals surface area contributed by atoms with Gasteiger partial charge < -0.3 is 5.32 Å². The summed E-state index contributed by atoms with van der Waals surface area (Å²) < 4.78 is 28.2. The van der Waals surface area contributed by atoms with Crippen molar-refractivity contribution in [3.05, 3.63) is 70.8 Å². The molecule has 0 spiro atoms. The van der Waals surface area contributed by atoms with Gasteiger partial charge in [0.2, 0.25) is 15.9 Å². The molecule has 3 aromatic rings. The number of nitrogens with zero attached hydrogens (tertiary/aromatic N) is 3. The highest BCUT2D eigenvalue weighted by Crippen LogP contribution is 2.29. The summed E-state index contributed by atoms with van der Waals surface area (Å²) in [6.45, 7) is 0.856. The molecule has 1 aliphatic rings. The second kappa shape index (κ2) is 8.89. The lowest BCUT2D eigenvalue weighted by Gasteiger charge is -2.19. The molecule has 162 valence electrons. The minimum Gasteiger partial charge on any atom is -0.355 e. The number of hydrogen-bond acceptors (Lipinski definition) is 5. The second-order valence-corrected chi connectivity index (χ2v) is 9.49. The lowest BCUT2D eigenvalue weighted by atomic mass is 10.2. The van der Waals surface area contributed by atoms with Crippen molar-refractivity contribution in [2.45, 2.75) is 25.8 Å². The fraction of sp³-hybridized carbons (Fsp3) is 0.318. The molecule has 1 amide bonds. The molecule has 2 heterocycles. The molecule has 1 N–H and O–H groups in total. The van der Waals surface area contributed by atoms with Gasteiger partial charge in [-0.25, -0.2) is 13.4 Å². The molecular weight excluding hydrogens is 416 g/mol. The van der Waals surface area contributed by atoms with E-state index >= 15 is 0 Å². The first-order valence-corrected chi connectivity index (χ1v) is 11.9. The van der Waals surface area contributed by atoms with Gasteiger partial charge in [-0.1, -0.05) is 30.3 Å². The minimum absolute atomic E-state index is 0.0529. The second-order valence-electron chi connectivity index (χ2n) is 7.48. The zero-order valence-electron chi connectivity index (χ0n) is 17.0. The number of carbonyl (C=O) groups is 1. The Kier molecular flexibility index (Phi) is 6.03. The molecule has 2 aromatic carbocycles. The van der Waals surface area contributed by atoms with E-state index in [9.17, 15) is 18.0 Å². The summed E-state index contributed by atoms with van der Waals surface area (Å²) >= 11 is 0. The Labute approximate surface area is 180 Å². The van der Waals surface area contributed by atoms with Crippen molar-refractivity contribution in [2.75, 3.05) is 23.1 Å². The number of benzene rings is 2. The van der Waals surface area contributed by atoms with Crippen LogP contribution >= 0.6 is 0 Å². The van der Waals surface area contributed by atoms with E-state index in [1.54, 1.807) is 18.2 Å². The maximum atomic E-state index is 12.7. The molecule has 1 aliphatic heterocycles. The van der Waals surface area contributed by atoms with Crippen molar-refractivity contribution in [2.24, 2.45) is 0 Å². The van der Waals surface area contributed by atoms with Gasteiger partial charge in [0, 0.05) is 26.1 Å². The van der Waals surface area contributed by atoms with Crippen molar-refractivity contribution in [1.29, 1.82) is 0 Å². The molecule has 0 atom stereocenters. The maximum Gasteiger partial charge on any atom is 0.261 e. The number of para-hydroxylation sites is 2. The lowest BCUT2D eigenvalue weighted by molar-refractivity contribution is -0.121. The van der Waals surface area contributed by atoms with Crippen LogP contribution in [0.1, 0.15) is 18.4 Å². The zero-order chi connectivity index (χ0) is 21.8. The summed E-state index contributed by atoms with van der Waals surface area (Å²) in [5.41, 5.74) is 2.25. The van der Waals surface area contributed by atoms with Crippen molar-refractivity contribution in [1.82, 2.24) is 14.9 Å². The Bertz CT molecular complexity index is 1270. The number of sulfonamides is 1. The van der Waals surface area contributed by atoms with Crippen LogP contribution in [0.15, 0.2) is 59.7 Å². The summed E-state index contributed by atoms with van der Waals surface area (Å²) in [6, 6.07) is 14.6. The number of nitrogens with one attached hydrogen (secondary N) is 1. The number of amides is 1. The Morgan fingerprint density at radius 2 is 1.87 bits per heavy atom. The summed E-state index contributed by atoms with van der Waals surface area (Å²) in [5, 5.41) is 3.21. The molecule has 9 heteroatoms. The fourth-order valence-electron chi connectivity index (χ4n) is 3.79. The van der Waals surface area contributed by atoms with Gasteiger partial charge in [0.15, 0.2) is 0 Å². The highest BCUT2D eigenvalue weighted by atomic mass is 32.2. The maximum absolute atomic E-state index is 12.7. The molecule has 8 nitrogen and oxygen atoms in total. The summed E-state index contributed by atoms with van der Waals surface area (Å²) in [4.78, 5) is 28.8. The van der Waals surface area contributed by atoms with Gasteiger partial charge in [-0.2, -0.15) is 0 Å². The SMILES string of the molecule is O=C(CCCn1cnc2ccccc2c1=O)NCCS(=O)(=O)N1CCc2ccccc21. The lowest BCUT2D eigenvalue weighted by Crippen LogP contribution is -2.37. The Morgan fingerprint density at radius 1 is 1.10 bits per heavy atom. The van der Waals surface area contributed by atoms with Crippen molar-refractivity contribution >= 4 is 32.5 Å². The van der Waals surface area contributed by atoms with Crippen LogP contribution in [-0.4, -0.2) is 42.7 Å². The van der Waals surface area contributed by atoms with E-state index in [0.29, 0.717) is 36.8 Å². The van der Waals surface area contributed by atoms with E-state index in [4.69, 9.17) is 0 Å². The largest absolute Gasteiger partial charge is 0.355 e. The van der Waals surface area contributed by atoms with Crippen LogP contribution in [0.25, 0.3) is 10.9 Å². The van der Waals surface area contributed by atoms with Crippen LogP contribution in [0.3, 0.4) is 0 Å². The van der Waals surface area contributed by atoms with Gasteiger partial charge in [-0.05, 0) is 36.6 Å². The highest BCUT2D eigenvalue weighted by Gasteiger charge is 2.28. The van der Waals surface area contributed by atoms with Crippen molar-refractivity contribution < 1.29 is 13.2 Å². The van der Waals surface area contributed by atoms with E-state index in [1.165, 1.54) is 15.2 Å². The standard InChI is InChI=1S/C22H24N4O4S/c27-21(10-5-13-25-16-24-19-8-3-2-7-18(19)22(25)28)23-12-15-31(29,30)26-14-11-17-6-1-4-9-20(17)26/h1-4,6-9,16H,5,10-15H2,(H,23,27). The average molecular weight is 441 g/mol. The zero-order valence-corrected chi connectivity index (χ0v) is 17.8. The highest BCUT2D eigenvalue weighted by molar-refractivity contribution is 7.92. The van der Waals surface area contributed by atoms with Gasteiger partial charge in [0.1, 0.15) is 0 Å². The van der Waals surface area contributed by atoms with Gasteiger partial charge in [0.25, 0.3) is 5.56 Å². The predicted molar refractivity (Wildman–Crippen MR) is 120 cm³/mol. The van der Waals surface area contributed by atoms with Crippen LogP contribution in [0.5, 0.6) is 0 Å². The number of aromatic nitrogens is 2. The minimum atomic E-state index is -3.49. The third kappa shape index (κ3) is 4.61. The average Bonchev–Trinajstić information content (AvgIpc) is 3.21. The monoisotopic (exact) mass is 440 g/mol. The molecule has 0 radical (unpaired) electrons. The van der Waals surface area contributed by atoms with E-state index in [1.807, 2.05) is 30.3 Å². The van der Waals surface area contributed by atoms with Gasteiger partial charge >= 0.3 is 0 Å². The molecule has 1 aromatic heterocycles. The predicted octanol–water partition coefficient (Wildman–Crippen LogP) is 1.69. The van der Waals surface area contributed by atoms with E-state index in [2.05, 4.69) is 10.3 Å². The van der Waals surface area contributed by atoms with Crippen molar-refractivity contribution in [3.63, 3.8) is 0 Å². The van der Waals surface area contributed by atoms with Gasteiger partial charge in [-0.15, -0.1) is 0 Å². The topological polar surface area (TPSA) is 101 Å². The third-order valence-electron chi connectivity index (χ3n) is 5.40. The number of rotatable bonds is 8. The molecule has 0 aliphatic carbocycles. The normalized spacial score (nSPS) is 13.4. The number of carbonyl (C=O) groups excluding carboxylic acids is 1. The van der Waals surface area contributed by atoms with E-state index < -0.39 is 10.0 Å². The number of hydrogen-bond donors (Lipinski definition) is 1. The Hall–Kier alpha value is -3.20. The van der Waals surface area contributed by atoms with Crippen LogP contribution in [0.4, 0.5) is 5.69 Å². The smallest absolute Gasteiger partial charge is 0.261 e. The number of aryl methyl sites for hydroxylation is 1. The molecule has 0 unspecified atom stereocenters. The quantitative estimate of drug-likeness (QED) is 0.574. The summed E-state index contributed by atoms with van der Waals surface area (Å²) in [7, 11) is -3.49. The van der Waals surface area contributed by atoms with Crippen molar-refractivity contribution in [3.8, 4) is 0 Å². The Morgan fingerprint density at radius 3 is 2.74 bits per heavy atom. The molecule has 0 fully saturated rings. The van der Waals surface area contributed by atoms with Crippen LogP contribution < -0.4 is 15.2 Å². The first-order valence-electron chi connectivity index (χ1n) is 10.2. The van der Waals surface area contributed by atoms with Crippen LogP contribution in [0, 0.1) is 0 Å². The fourth-order valence-corrected chi connectivity index (χ4v) is 5.22. The third-order valence-corrected chi connectivity index (χ3v) is 7.17. The van der Waals surface area contributed by atoms with E-state index in [-0.39, 0.29) is 30.2 Å². The van der Waals surface area contributed by atoms with E-state index in [0.717, 1.165) is 11.3 Å². The van der Waals surface area contributed by atoms with Gasteiger partial charge in [-0.3, -0.25) is 18.5 Å². The molecule has 4 rings (SSSR count). The van der Waals surface area contributed by atoms with Gasteiger partial charge in [0.05, 0.1) is 28.7 Å². The van der Waals surface area contributed by atoms with Crippen LogP contribution in [0.2, 0.25) is 0 Å². The Balaban J connectivity index is 1.25. The molecule has 0 saturated carbocycles.